The van der Waals surface area contributed by atoms with Crippen LogP contribution in [0, 0.1) is 0 Å². The zero-order chi connectivity index (χ0) is 14.8. The van der Waals surface area contributed by atoms with Gasteiger partial charge in [0.05, 0.1) is 15.2 Å². The van der Waals surface area contributed by atoms with Crippen LogP contribution in [0.3, 0.4) is 0 Å². The molecule has 0 saturated heterocycles. The van der Waals surface area contributed by atoms with E-state index in [-0.39, 0.29) is 23.5 Å². The van der Waals surface area contributed by atoms with Gasteiger partial charge in [0.1, 0.15) is 12.6 Å². The van der Waals surface area contributed by atoms with E-state index in [1.54, 1.807) is 12.1 Å². The number of rotatable bonds is 3. The van der Waals surface area contributed by atoms with Crippen LogP contribution >= 0.6 is 22.9 Å². The number of hydrogen-bond acceptors (Lipinski definition) is 4. The van der Waals surface area contributed by atoms with Gasteiger partial charge >= 0.3 is 10.8 Å². The minimum absolute atomic E-state index is 0.00215. The largest absolute Gasteiger partial charge is 0.461 e. The number of halogens is 1. The zero-order valence-corrected chi connectivity index (χ0v) is 13.1. The summed E-state index contributed by atoms with van der Waals surface area (Å²) in [6.07, 6.45) is 5.26. The molecule has 0 aliphatic heterocycles. The van der Waals surface area contributed by atoms with Gasteiger partial charge in [0, 0.05) is 0 Å². The Bertz CT molecular complexity index is 715. The van der Waals surface area contributed by atoms with Crippen molar-refractivity contribution in [3.05, 3.63) is 32.9 Å². The van der Waals surface area contributed by atoms with Crippen molar-refractivity contribution in [3.63, 3.8) is 0 Å². The smallest absolute Gasteiger partial charge is 0.326 e. The van der Waals surface area contributed by atoms with E-state index in [9.17, 15) is 9.59 Å². The Labute approximate surface area is 131 Å². The van der Waals surface area contributed by atoms with Crippen molar-refractivity contribution in [3.8, 4) is 0 Å². The first-order valence-electron chi connectivity index (χ1n) is 7.12. The van der Waals surface area contributed by atoms with Gasteiger partial charge in [-0.2, -0.15) is 0 Å². The molecule has 112 valence electrons. The van der Waals surface area contributed by atoms with Gasteiger partial charge in [0.15, 0.2) is 0 Å². The van der Waals surface area contributed by atoms with Crippen LogP contribution in [-0.2, 0) is 16.1 Å². The molecule has 0 atom stereocenters. The zero-order valence-electron chi connectivity index (χ0n) is 11.5. The van der Waals surface area contributed by atoms with Crippen LogP contribution in [0.4, 0.5) is 0 Å². The molecule has 0 unspecified atom stereocenters. The van der Waals surface area contributed by atoms with Crippen molar-refractivity contribution in [2.75, 3.05) is 0 Å². The Morgan fingerprint density at radius 1 is 1.33 bits per heavy atom. The van der Waals surface area contributed by atoms with Crippen molar-refractivity contribution < 1.29 is 9.53 Å². The van der Waals surface area contributed by atoms with Crippen LogP contribution in [0.15, 0.2) is 23.0 Å². The number of para-hydroxylation sites is 1. The number of thiazole rings is 1. The summed E-state index contributed by atoms with van der Waals surface area (Å²) in [5.74, 6) is -0.358. The summed E-state index contributed by atoms with van der Waals surface area (Å²) in [5.41, 5.74) is 0.620. The third-order valence-electron chi connectivity index (χ3n) is 3.77. The first kappa shape index (κ1) is 14.6. The molecule has 21 heavy (non-hydrogen) atoms. The van der Waals surface area contributed by atoms with Gasteiger partial charge in [-0.05, 0) is 37.8 Å². The number of carbonyl (C=O) groups is 1. The third-order valence-corrected chi connectivity index (χ3v) is 5.02. The maximum atomic E-state index is 12.1. The van der Waals surface area contributed by atoms with Gasteiger partial charge in [-0.1, -0.05) is 35.4 Å². The molecule has 1 aromatic carbocycles. The van der Waals surface area contributed by atoms with Crippen molar-refractivity contribution >= 4 is 39.1 Å². The maximum Gasteiger partial charge on any atom is 0.326 e. The minimum Gasteiger partial charge on any atom is -0.461 e. The monoisotopic (exact) mass is 325 g/mol. The topological polar surface area (TPSA) is 48.3 Å². The standard InChI is InChI=1S/C15H16ClNO3S/c16-11-7-4-8-12-14(11)17(15(19)21-12)9-13(18)20-10-5-2-1-3-6-10/h4,7-8,10H,1-3,5-6,9H2. The van der Waals surface area contributed by atoms with Gasteiger partial charge < -0.3 is 4.74 Å². The van der Waals surface area contributed by atoms with Crippen LogP contribution in [0.25, 0.3) is 10.2 Å². The summed E-state index contributed by atoms with van der Waals surface area (Å²) in [5, 5.41) is 0.483. The minimum atomic E-state index is -0.358. The molecule has 0 N–H and O–H groups in total. The van der Waals surface area contributed by atoms with E-state index in [4.69, 9.17) is 16.3 Å². The Morgan fingerprint density at radius 2 is 2.10 bits per heavy atom. The molecule has 2 aromatic rings. The van der Waals surface area contributed by atoms with Crippen LogP contribution in [0.2, 0.25) is 5.02 Å². The fourth-order valence-corrected chi connectivity index (χ4v) is 4.01. The first-order chi connectivity index (χ1) is 10.1. The highest BCUT2D eigenvalue weighted by Crippen LogP contribution is 2.25. The van der Waals surface area contributed by atoms with Gasteiger partial charge in [0.2, 0.25) is 0 Å². The molecule has 0 spiro atoms. The predicted octanol–water partition coefficient (Wildman–Crippen LogP) is 3.59. The molecule has 4 nitrogen and oxygen atoms in total. The second-order valence-electron chi connectivity index (χ2n) is 5.29. The molecule has 3 rings (SSSR count). The third kappa shape index (κ3) is 3.14. The van der Waals surface area contributed by atoms with Gasteiger partial charge in [-0.25, -0.2) is 0 Å². The van der Waals surface area contributed by atoms with E-state index < -0.39 is 0 Å². The molecular formula is C15H16ClNO3S. The number of benzene rings is 1. The second-order valence-corrected chi connectivity index (χ2v) is 6.69. The second kappa shape index (κ2) is 6.20. The Kier molecular flexibility index (Phi) is 4.31. The van der Waals surface area contributed by atoms with Crippen LogP contribution in [-0.4, -0.2) is 16.6 Å². The van der Waals surface area contributed by atoms with Gasteiger partial charge in [-0.3, -0.25) is 14.2 Å². The van der Waals surface area contributed by atoms with Gasteiger partial charge in [-0.15, -0.1) is 0 Å². The van der Waals surface area contributed by atoms with Crippen LogP contribution in [0.5, 0.6) is 0 Å². The van der Waals surface area contributed by atoms with Crippen LogP contribution < -0.4 is 4.87 Å². The number of carbonyl (C=O) groups excluding carboxylic acids is 1. The lowest BCUT2D eigenvalue weighted by Gasteiger charge is -2.21. The molecule has 0 radical (unpaired) electrons. The predicted molar refractivity (Wildman–Crippen MR) is 84.1 cm³/mol. The fourth-order valence-electron chi connectivity index (χ4n) is 2.76. The summed E-state index contributed by atoms with van der Waals surface area (Å²) >= 11 is 7.24. The summed E-state index contributed by atoms with van der Waals surface area (Å²) in [6, 6.07) is 5.35. The molecule has 0 amide bonds. The fraction of sp³-hybridized carbons (Fsp3) is 0.467. The molecule has 1 fully saturated rings. The summed E-state index contributed by atoms with van der Waals surface area (Å²) in [7, 11) is 0. The first-order valence-corrected chi connectivity index (χ1v) is 8.32. The van der Waals surface area contributed by atoms with E-state index in [1.807, 2.05) is 6.07 Å². The summed E-state index contributed by atoms with van der Waals surface area (Å²) in [4.78, 5) is 23.9. The summed E-state index contributed by atoms with van der Waals surface area (Å²) < 4.78 is 7.67. The number of fused-ring (bicyclic) bond motifs is 1. The number of aromatic nitrogens is 1. The van der Waals surface area contributed by atoms with E-state index in [0.717, 1.165) is 41.7 Å². The molecule has 0 bridgehead atoms. The average Bonchev–Trinajstić information content (AvgIpc) is 2.77. The van der Waals surface area contributed by atoms with Crippen molar-refractivity contribution in [2.24, 2.45) is 0 Å². The lowest BCUT2D eigenvalue weighted by Crippen LogP contribution is -2.26. The van der Waals surface area contributed by atoms with E-state index in [0.29, 0.717) is 10.5 Å². The number of esters is 1. The SMILES string of the molecule is O=C(Cn1c(=O)sc2cccc(Cl)c21)OC1CCCCC1. The van der Waals surface area contributed by atoms with E-state index in [1.165, 1.54) is 11.0 Å². The van der Waals surface area contributed by atoms with Gasteiger partial charge in [0.25, 0.3) is 0 Å². The average molecular weight is 326 g/mol. The number of hydrogen-bond donors (Lipinski definition) is 0. The van der Waals surface area contributed by atoms with Crippen LogP contribution in [0.1, 0.15) is 32.1 Å². The lowest BCUT2D eigenvalue weighted by molar-refractivity contribution is -0.151. The van der Waals surface area contributed by atoms with Crippen molar-refractivity contribution in [1.82, 2.24) is 4.57 Å². The molecule has 1 aliphatic carbocycles. The Morgan fingerprint density at radius 3 is 2.86 bits per heavy atom. The maximum absolute atomic E-state index is 12.1. The molecule has 1 saturated carbocycles. The molecule has 1 aliphatic rings. The molecule has 6 heteroatoms. The highest BCUT2D eigenvalue weighted by molar-refractivity contribution is 7.16. The number of nitrogens with zero attached hydrogens (tertiary/aromatic N) is 1. The highest BCUT2D eigenvalue weighted by Gasteiger charge is 2.20. The normalized spacial score (nSPS) is 16.2. The number of ether oxygens (including phenoxy) is 1. The van der Waals surface area contributed by atoms with E-state index >= 15 is 0 Å². The highest BCUT2D eigenvalue weighted by atomic mass is 35.5. The Balaban J connectivity index is 1.79. The lowest BCUT2D eigenvalue weighted by atomic mass is 9.98. The molecule has 1 heterocycles. The molecular weight excluding hydrogens is 310 g/mol. The van der Waals surface area contributed by atoms with Crippen molar-refractivity contribution in [2.45, 2.75) is 44.8 Å². The molecule has 1 aromatic heterocycles. The van der Waals surface area contributed by atoms with Crippen molar-refractivity contribution in [1.29, 1.82) is 0 Å². The Hall–Kier alpha value is -1.33. The summed E-state index contributed by atoms with van der Waals surface area (Å²) in [6.45, 7) is -0.0704. The quantitative estimate of drug-likeness (QED) is 0.810. The van der Waals surface area contributed by atoms with E-state index in [2.05, 4.69) is 0 Å².